The number of hydrogen-bond donors (Lipinski definition) is 2. The second-order valence-electron chi connectivity index (χ2n) is 14.9. The third kappa shape index (κ3) is 22.7. The first-order valence-corrected chi connectivity index (χ1v) is 17.1. The van der Waals surface area contributed by atoms with Crippen molar-refractivity contribution in [3.8, 4) is 5.75 Å². The number of ether oxygens (including phenoxy) is 4. The maximum atomic E-state index is 12.4. The zero-order valence-electron chi connectivity index (χ0n) is 31.0. The number of carbonyl (C=O) groups excluding carboxylic acids is 3. The summed E-state index contributed by atoms with van der Waals surface area (Å²) >= 11 is 0. The maximum Gasteiger partial charge on any atom is 0.435 e. The van der Waals surface area contributed by atoms with E-state index in [1.54, 1.807) is 48.5 Å². The largest absolute Gasteiger partial charge is 0.494 e. The quantitative estimate of drug-likeness (QED) is 0.0768. The third-order valence-electron chi connectivity index (χ3n) is 6.45. The molecule has 11 heteroatoms. The first-order chi connectivity index (χ1) is 22.2. The monoisotopic (exact) mass is 672 g/mol. The Balaban J connectivity index is 2.52. The summed E-state index contributed by atoms with van der Waals surface area (Å²) in [6.07, 6.45) is 7.20. The molecule has 2 N–H and O–H groups in total. The smallest absolute Gasteiger partial charge is 0.435 e. The highest BCUT2D eigenvalue weighted by Gasteiger charge is 2.20. The van der Waals surface area contributed by atoms with Crippen LogP contribution in [0.2, 0.25) is 0 Å². The van der Waals surface area contributed by atoms with E-state index in [1.165, 1.54) is 0 Å². The van der Waals surface area contributed by atoms with E-state index < -0.39 is 35.1 Å². The Morgan fingerprint density at radius 3 is 1.60 bits per heavy atom. The molecular formula is C37H60N4O7. The number of nitrogens with one attached hydrogen (secondary N) is 2. The second-order valence-corrected chi connectivity index (χ2v) is 14.9. The van der Waals surface area contributed by atoms with Crippen molar-refractivity contribution in [2.45, 2.75) is 157 Å². The Bertz CT molecular complexity index is 1230. The van der Waals surface area contributed by atoms with E-state index >= 15 is 0 Å². The summed E-state index contributed by atoms with van der Waals surface area (Å²) in [6, 6.07) is 7.46. The highest BCUT2D eigenvalue weighted by Crippen LogP contribution is 2.16. The minimum absolute atomic E-state index is 0.233. The predicted molar refractivity (Wildman–Crippen MR) is 192 cm³/mol. The summed E-state index contributed by atoms with van der Waals surface area (Å²) in [5.74, 6) is 0.980. The topological polar surface area (TPSA) is 149 Å². The van der Waals surface area contributed by atoms with Gasteiger partial charge in [0.25, 0.3) is 0 Å². The van der Waals surface area contributed by atoms with E-state index in [1.807, 2.05) is 45.0 Å². The molecule has 0 heterocycles. The lowest BCUT2D eigenvalue weighted by atomic mass is 10.0. The Kier molecular flexibility index (Phi) is 18.1. The lowest BCUT2D eigenvalue weighted by molar-refractivity contribution is 0.0557. The van der Waals surface area contributed by atoms with Gasteiger partial charge in [-0.25, -0.2) is 14.4 Å². The minimum atomic E-state index is -0.750. The van der Waals surface area contributed by atoms with E-state index in [0.29, 0.717) is 31.6 Å². The summed E-state index contributed by atoms with van der Waals surface area (Å²) in [7, 11) is 0. The van der Waals surface area contributed by atoms with Gasteiger partial charge < -0.3 is 24.4 Å². The molecule has 3 amide bonds. The van der Waals surface area contributed by atoms with E-state index in [4.69, 9.17) is 24.4 Å². The number of amidine groups is 1. The van der Waals surface area contributed by atoms with Crippen molar-refractivity contribution in [2.75, 3.05) is 6.61 Å². The van der Waals surface area contributed by atoms with Gasteiger partial charge in [-0.2, -0.15) is 9.98 Å². The van der Waals surface area contributed by atoms with Crippen molar-refractivity contribution < 1.29 is 33.3 Å². The first kappa shape index (κ1) is 42.3. The third-order valence-corrected chi connectivity index (χ3v) is 6.45. The summed E-state index contributed by atoms with van der Waals surface area (Å²) in [4.78, 5) is 45.2. The molecule has 0 saturated carbocycles. The van der Waals surface area contributed by atoms with Crippen LogP contribution in [-0.2, 0) is 14.2 Å². The van der Waals surface area contributed by atoms with Gasteiger partial charge in [0.2, 0.25) is 0 Å². The number of unbranched alkanes of at least 4 members (excludes halogenated alkanes) is 6. The van der Waals surface area contributed by atoms with Crippen molar-refractivity contribution in [3.63, 3.8) is 0 Å². The van der Waals surface area contributed by atoms with Gasteiger partial charge in [-0.3, -0.25) is 5.32 Å². The Labute approximate surface area is 288 Å². The Morgan fingerprint density at radius 1 is 0.646 bits per heavy atom. The molecule has 0 spiro atoms. The van der Waals surface area contributed by atoms with Crippen LogP contribution >= 0.6 is 0 Å². The molecule has 0 unspecified atom stereocenters. The fraction of sp³-hybridized carbons (Fsp3) is 0.676. The molecule has 48 heavy (non-hydrogen) atoms. The average molecular weight is 673 g/mol. The molecule has 0 radical (unpaired) electrons. The molecule has 0 aliphatic rings. The zero-order chi connectivity index (χ0) is 36.4. The van der Waals surface area contributed by atoms with Gasteiger partial charge in [0.1, 0.15) is 28.4 Å². The van der Waals surface area contributed by atoms with Crippen LogP contribution < -0.4 is 10.1 Å². The zero-order valence-corrected chi connectivity index (χ0v) is 31.0. The number of rotatable bonds is 16. The summed E-state index contributed by atoms with van der Waals surface area (Å²) in [5, 5.41) is 10.3. The van der Waals surface area contributed by atoms with Crippen LogP contribution in [0, 0.1) is 5.41 Å². The molecule has 1 aromatic rings. The van der Waals surface area contributed by atoms with Crippen LogP contribution in [0.4, 0.5) is 14.4 Å². The van der Waals surface area contributed by atoms with Crippen molar-refractivity contribution in [1.82, 2.24) is 5.32 Å². The number of carbonyl (C=O) groups is 3. The van der Waals surface area contributed by atoms with E-state index in [9.17, 15) is 14.4 Å². The highest BCUT2D eigenvalue weighted by molar-refractivity contribution is 6.00. The van der Waals surface area contributed by atoms with Gasteiger partial charge in [0.15, 0.2) is 0 Å². The predicted octanol–water partition coefficient (Wildman–Crippen LogP) is 9.98. The molecule has 11 nitrogen and oxygen atoms in total. The van der Waals surface area contributed by atoms with Crippen LogP contribution in [0.15, 0.2) is 34.3 Å². The molecule has 0 saturated heterocycles. The Hall–Kier alpha value is -3.76. The normalized spacial score (nSPS) is 12.7. The first-order valence-electron chi connectivity index (χ1n) is 17.1. The minimum Gasteiger partial charge on any atom is -0.494 e. The van der Waals surface area contributed by atoms with E-state index in [0.717, 1.165) is 68.4 Å². The molecule has 0 aliphatic heterocycles. The fourth-order valence-electron chi connectivity index (χ4n) is 4.39. The van der Waals surface area contributed by atoms with Crippen LogP contribution in [0.3, 0.4) is 0 Å². The molecule has 0 fully saturated rings. The Morgan fingerprint density at radius 2 is 1.10 bits per heavy atom. The summed E-state index contributed by atoms with van der Waals surface area (Å²) < 4.78 is 21.9. The van der Waals surface area contributed by atoms with E-state index in [2.05, 4.69) is 15.3 Å². The van der Waals surface area contributed by atoms with Crippen molar-refractivity contribution in [2.24, 2.45) is 9.98 Å². The van der Waals surface area contributed by atoms with Crippen LogP contribution in [0.5, 0.6) is 5.75 Å². The number of hydrogen-bond acceptors (Lipinski definition) is 8. The van der Waals surface area contributed by atoms with Crippen LogP contribution in [0.25, 0.3) is 0 Å². The van der Waals surface area contributed by atoms with Gasteiger partial charge in [-0.05, 0) is 131 Å². The molecular weight excluding hydrogens is 612 g/mol. The second kappa shape index (κ2) is 20.6. The number of benzene rings is 1. The lowest BCUT2D eigenvalue weighted by Crippen LogP contribution is -2.37. The van der Waals surface area contributed by atoms with Gasteiger partial charge >= 0.3 is 18.3 Å². The highest BCUT2D eigenvalue weighted by atomic mass is 16.6. The SMILES string of the molecule is CC(=N)c1ccc(OCCCC(CCCCCCCCCC(=NC(=O)OC(C)(C)C)NC(=O)OC(C)(C)C)=NC(=O)OC(C)(C)C)cc1. The molecule has 1 aromatic carbocycles. The standard InChI is InChI=1S/C37H60N4O7/c1-27(38)28-22-24-30(25-23-28)45-26-18-20-29(39-32(42)46-35(2,3)4)19-16-14-12-11-13-15-17-21-31(40-33(43)47-36(5,6)7)41-34(44)48-37(8,9)10/h22-25,38H,11-21,26H2,1-10H3,(H,40,41,43,44). The van der Waals surface area contributed by atoms with Gasteiger partial charge in [-0.1, -0.05) is 32.1 Å². The van der Waals surface area contributed by atoms with Crippen LogP contribution in [-0.4, -0.2) is 58.9 Å². The molecule has 0 atom stereocenters. The van der Waals surface area contributed by atoms with E-state index in [-0.39, 0.29) is 5.84 Å². The average Bonchev–Trinajstić information content (AvgIpc) is 2.91. The van der Waals surface area contributed by atoms with Gasteiger partial charge in [0, 0.05) is 17.8 Å². The fourth-order valence-corrected chi connectivity index (χ4v) is 4.39. The van der Waals surface area contributed by atoms with Gasteiger partial charge in [0.05, 0.1) is 6.61 Å². The summed E-state index contributed by atoms with van der Waals surface area (Å²) in [6.45, 7) is 18.3. The van der Waals surface area contributed by atoms with Crippen LogP contribution in [0.1, 0.15) is 145 Å². The number of amides is 3. The lowest BCUT2D eigenvalue weighted by Gasteiger charge is -2.20. The molecule has 1 rings (SSSR count). The molecule has 0 aromatic heterocycles. The number of aliphatic imine (C=N–C) groups is 2. The molecule has 0 bridgehead atoms. The van der Waals surface area contributed by atoms with Crippen molar-refractivity contribution >= 4 is 35.5 Å². The number of nitrogens with zero attached hydrogens (tertiary/aromatic N) is 2. The summed E-state index contributed by atoms with van der Waals surface area (Å²) in [5.41, 5.74) is 0.215. The van der Waals surface area contributed by atoms with Gasteiger partial charge in [-0.15, -0.1) is 0 Å². The van der Waals surface area contributed by atoms with Crippen molar-refractivity contribution in [3.05, 3.63) is 29.8 Å². The molecule has 0 aliphatic carbocycles. The number of alkyl carbamates (subject to hydrolysis) is 1. The molecule has 270 valence electrons. The maximum absolute atomic E-state index is 12.4. The van der Waals surface area contributed by atoms with Crippen molar-refractivity contribution in [1.29, 1.82) is 5.41 Å².